The molecule has 0 radical (unpaired) electrons. The van der Waals surface area contributed by atoms with E-state index in [0.29, 0.717) is 13.2 Å². The predicted molar refractivity (Wildman–Crippen MR) is 77.2 cm³/mol. The van der Waals surface area contributed by atoms with Crippen LogP contribution in [0.5, 0.6) is 5.75 Å². The molecule has 106 valence electrons. The van der Waals surface area contributed by atoms with Crippen LogP contribution in [0.3, 0.4) is 0 Å². The van der Waals surface area contributed by atoms with E-state index in [9.17, 15) is 4.79 Å². The highest BCUT2D eigenvalue weighted by molar-refractivity contribution is 6.00. The summed E-state index contributed by atoms with van der Waals surface area (Å²) in [4.78, 5) is 14.4. The van der Waals surface area contributed by atoms with Crippen molar-refractivity contribution in [3.05, 3.63) is 65.2 Å². The molecule has 2 heterocycles. The summed E-state index contributed by atoms with van der Waals surface area (Å²) >= 11 is 0. The van der Waals surface area contributed by atoms with Gasteiger partial charge in [0.2, 0.25) is 0 Å². The first kappa shape index (κ1) is 12.4. The van der Waals surface area contributed by atoms with Crippen molar-refractivity contribution in [1.82, 2.24) is 4.90 Å². The smallest absolute Gasteiger partial charge is 0.257 e. The van der Waals surface area contributed by atoms with Gasteiger partial charge in [-0.3, -0.25) is 9.69 Å². The molecule has 0 saturated carbocycles. The molecule has 0 spiro atoms. The predicted octanol–water partition coefficient (Wildman–Crippen LogP) is 2.38. The molecule has 1 saturated heterocycles. The fraction of sp³-hybridized carbons (Fsp3) is 0.235. The van der Waals surface area contributed by atoms with Crippen LogP contribution in [0.4, 0.5) is 0 Å². The van der Waals surface area contributed by atoms with Crippen LogP contribution in [-0.4, -0.2) is 31.1 Å². The first-order valence-corrected chi connectivity index (χ1v) is 6.97. The number of ether oxygens (including phenoxy) is 2. The van der Waals surface area contributed by atoms with E-state index in [4.69, 9.17) is 9.47 Å². The lowest BCUT2D eigenvalue weighted by Gasteiger charge is -2.32. The van der Waals surface area contributed by atoms with Gasteiger partial charge in [-0.2, -0.15) is 0 Å². The van der Waals surface area contributed by atoms with Gasteiger partial charge in [-0.25, -0.2) is 0 Å². The zero-order valence-corrected chi connectivity index (χ0v) is 11.7. The van der Waals surface area contributed by atoms with E-state index in [1.807, 2.05) is 53.4 Å². The molecule has 0 aliphatic carbocycles. The van der Waals surface area contributed by atoms with E-state index in [-0.39, 0.29) is 5.91 Å². The number of methoxy groups -OCH3 is 1. The standard InChI is InChI=1S/C17H15NO3/c1-20-13-8-6-12(7-9-13)17-15-5-3-2-4-14(15)16(19)18(17)10-11-21-17/h2-9H,10-11H2,1H3/t17-/m0/s1. The Bertz CT molecular complexity index is 710. The first-order valence-electron chi connectivity index (χ1n) is 6.97. The van der Waals surface area contributed by atoms with Gasteiger partial charge in [-0.1, -0.05) is 30.3 Å². The zero-order chi connectivity index (χ0) is 14.4. The minimum Gasteiger partial charge on any atom is -0.497 e. The number of benzene rings is 2. The largest absolute Gasteiger partial charge is 0.497 e. The minimum absolute atomic E-state index is 0.0407. The Morgan fingerprint density at radius 1 is 1.14 bits per heavy atom. The van der Waals surface area contributed by atoms with Crippen LogP contribution in [0, 0.1) is 0 Å². The van der Waals surface area contributed by atoms with Crippen molar-refractivity contribution >= 4 is 5.91 Å². The van der Waals surface area contributed by atoms with Gasteiger partial charge in [0.05, 0.1) is 13.7 Å². The van der Waals surface area contributed by atoms with Crippen molar-refractivity contribution in [2.24, 2.45) is 0 Å². The SMILES string of the molecule is COc1ccc([C@@]23OCCN2C(=O)c2ccccc23)cc1. The highest BCUT2D eigenvalue weighted by atomic mass is 16.5. The van der Waals surface area contributed by atoms with Crippen molar-refractivity contribution in [2.75, 3.05) is 20.3 Å². The molecule has 0 unspecified atom stereocenters. The first-order chi connectivity index (χ1) is 10.3. The van der Waals surface area contributed by atoms with Crippen molar-refractivity contribution in [3.8, 4) is 5.75 Å². The molecule has 21 heavy (non-hydrogen) atoms. The summed E-state index contributed by atoms with van der Waals surface area (Å²) in [5, 5.41) is 0. The van der Waals surface area contributed by atoms with Crippen LogP contribution in [-0.2, 0) is 10.5 Å². The van der Waals surface area contributed by atoms with Gasteiger partial charge in [0.1, 0.15) is 5.75 Å². The third kappa shape index (κ3) is 1.51. The van der Waals surface area contributed by atoms with E-state index in [0.717, 1.165) is 22.4 Å². The molecule has 2 aromatic rings. The van der Waals surface area contributed by atoms with E-state index >= 15 is 0 Å². The molecule has 4 rings (SSSR count). The number of nitrogens with zero attached hydrogens (tertiary/aromatic N) is 1. The fourth-order valence-corrected chi connectivity index (χ4v) is 3.31. The highest BCUT2D eigenvalue weighted by Gasteiger charge is 2.54. The van der Waals surface area contributed by atoms with Crippen LogP contribution in [0.15, 0.2) is 48.5 Å². The Hall–Kier alpha value is -2.33. The monoisotopic (exact) mass is 281 g/mol. The average molecular weight is 281 g/mol. The van der Waals surface area contributed by atoms with Crippen LogP contribution >= 0.6 is 0 Å². The molecule has 2 aromatic carbocycles. The van der Waals surface area contributed by atoms with Crippen LogP contribution in [0.2, 0.25) is 0 Å². The average Bonchev–Trinajstić information content (AvgIpc) is 3.08. The summed E-state index contributed by atoms with van der Waals surface area (Å²) in [5.41, 5.74) is 1.84. The summed E-state index contributed by atoms with van der Waals surface area (Å²) in [7, 11) is 1.64. The number of carbonyl (C=O) groups is 1. The van der Waals surface area contributed by atoms with Crippen molar-refractivity contribution in [3.63, 3.8) is 0 Å². The number of hydrogen-bond acceptors (Lipinski definition) is 3. The Kier molecular flexibility index (Phi) is 2.56. The van der Waals surface area contributed by atoms with Gasteiger partial charge in [-0.15, -0.1) is 0 Å². The van der Waals surface area contributed by atoms with Crippen molar-refractivity contribution in [2.45, 2.75) is 5.72 Å². The van der Waals surface area contributed by atoms with Gasteiger partial charge in [0.25, 0.3) is 5.91 Å². The molecule has 0 N–H and O–H groups in total. The zero-order valence-electron chi connectivity index (χ0n) is 11.7. The summed E-state index contributed by atoms with van der Waals surface area (Å²) in [6.07, 6.45) is 0. The molecule has 0 bridgehead atoms. The van der Waals surface area contributed by atoms with Crippen LogP contribution in [0.25, 0.3) is 0 Å². The Balaban J connectivity index is 1.93. The minimum atomic E-state index is -0.778. The van der Waals surface area contributed by atoms with Crippen molar-refractivity contribution < 1.29 is 14.3 Å². The quantitative estimate of drug-likeness (QED) is 0.848. The lowest BCUT2D eigenvalue weighted by Crippen LogP contribution is -2.40. The van der Waals surface area contributed by atoms with E-state index in [1.54, 1.807) is 7.11 Å². The number of carbonyl (C=O) groups excluding carboxylic acids is 1. The molecule has 4 heteroatoms. The van der Waals surface area contributed by atoms with Gasteiger partial charge in [-0.05, 0) is 18.2 Å². The number of amides is 1. The van der Waals surface area contributed by atoms with Crippen molar-refractivity contribution in [1.29, 1.82) is 0 Å². The van der Waals surface area contributed by atoms with Gasteiger partial charge < -0.3 is 9.47 Å². The molecular formula is C17H15NO3. The molecule has 1 fully saturated rings. The summed E-state index contributed by atoms with van der Waals surface area (Å²) in [6, 6.07) is 15.4. The molecule has 4 nitrogen and oxygen atoms in total. The summed E-state index contributed by atoms with van der Waals surface area (Å²) < 4.78 is 11.3. The Labute approximate surface area is 122 Å². The maximum atomic E-state index is 12.6. The number of rotatable bonds is 2. The maximum absolute atomic E-state index is 12.6. The topological polar surface area (TPSA) is 38.8 Å². The highest BCUT2D eigenvalue weighted by Crippen LogP contribution is 2.47. The third-order valence-corrected chi connectivity index (χ3v) is 4.25. The molecule has 1 atom stereocenters. The van der Waals surface area contributed by atoms with Crippen LogP contribution in [0.1, 0.15) is 21.5 Å². The summed E-state index contributed by atoms with van der Waals surface area (Å²) in [6.45, 7) is 1.16. The second kappa shape index (κ2) is 4.33. The lowest BCUT2D eigenvalue weighted by atomic mass is 9.94. The second-order valence-corrected chi connectivity index (χ2v) is 5.22. The lowest BCUT2D eigenvalue weighted by molar-refractivity contribution is -0.0304. The van der Waals surface area contributed by atoms with Crippen LogP contribution < -0.4 is 4.74 Å². The number of fused-ring (bicyclic) bond motifs is 3. The van der Waals surface area contributed by atoms with E-state index in [2.05, 4.69) is 0 Å². The second-order valence-electron chi connectivity index (χ2n) is 5.22. The van der Waals surface area contributed by atoms with Gasteiger partial charge >= 0.3 is 0 Å². The fourth-order valence-electron chi connectivity index (χ4n) is 3.31. The van der Waals surface area contributed by atoms with Gasteiger partial charge in [0, 0.05) is 23.2 Å². The molecule has 2 aliphatic heterocycles. The summed E-state index contributed by atoms with van der Waals surface area (Å²) in [5.74, 6) is 0.830. The van der Waals surface area contributed by atoms with E-state index in [1.165, 1.54) is 0 Å². The Morgan fingerprint density at radius 2 is 1.90 bits per heavy atom. The molecule has 1 amide bonds. The third-order valence-electron chi connectivity index (χ3n) is 4.25. The molecular weight excluding hydrogens is 266 g/mol. The molecule has 2 aliphatic rings. The number of hydrogen-bond donors (Lipinski definition) is 0. The maximum Gasteiger partial charge on any atom is 0.257 e. The Morgan fingerprint density at radius 3 is 2.67 bits per heavy atom. The normalized spacial score (nSPS) is 23.1. The van der Waals surface area contributed by atoms with Gasteiger partial charge in [0.15, 0.2) is 5.72 Å². The molecule has 0 aromatic heterocycles. The van der Waals surface area contributed by atoms with E-state index < -0.39 is 5.72 Å².